The van der Waals surface area contributed by atoms with Crippen molar-refractivity contribution in [3.63, 3.8) is 0 Å². The molecule has 0 radical (unpaired) electrons. The second-order valence-corrected chi connectivity index (χ2v) is 10.0. The zero-order valence-corrected chi connectivity index (χ0v) is 15.0. The third-order valence-corrected chi connectivity index (χ3v) is 6.68. The number of hydrogen-bond acceptors (Lipinski definition) is 3. The van der Waals surface area contributed by atoms with Gasteiger partial charge >= 0.3 is 0 Å². The van der Waals surface area contributed by atoms with Crippen molar-refractivity contribution in [1.29, 1.82) is 0 Å². The van der Waals surface area contributed by atoms with Gasteiger partial charge in [-0.2, -0.15) is 11.8 Å². The number of thioether (sulfide) groups is 1. The van der Waals surface area contributed by atoms with E-state index in [0.717, 1.165) is 12.0 Å². The molecule has 3 heteroatoms. The molecule has 0 aromatic rings. The van der Waals surface area contributed by atoms with E-state index >= 15 is 0 Å². The molecule has 2 nitrogen and oxygen atoms in total. The highest BCUT2D eigenvalue weighted by atomic mass is 32.2. The van der Waals surface area contributed by atoms with Crippen molar-refractivity contribution < 1.29 is 0 Å². The lowest BCUT2D eigenvalue weighted by Gasteiger charge is -2.42. The van der Waals surface area contributed by atoms with Gasteiger partial charge in [-0.15, -0.1) is 0 Å². The summed E-state index contributed by atoms with van der Waals surface area (Å²) in [6, 6.07) is 0.729. The Labute approximate surface area is 130 Å². The Balaban J connectivity index is 1.93. The van der Waals surface area contributed by atoms with Gasteiger partial charge in [0.25, 0.3) is 0 Å². The van der Waals surface area contributed by atoms with E-state index in [1.807, 2.05) is 0 Å². The van der Waals surface area contributed by atoms with Crippen LogP contribution >= 0.6 is 11.8 Å². The van der Waals surface area contributed by atoms with Gasteiger partial charge in [-0.05, 0) is 50.6 Å². The average molecular weight is 299 g/mol. The highest BCUT2D eigenvalue weighted by Crippen LogP contribution is 2.39. The SMILES string of the molecule is CNC1CCC(C)(C)CC1CN1CCSC(C)(C)CC1. The largest absolute Gasteiger partial charge is 0.317 e. The lowest BCUT2D eigenvalue weighted by molar-refractivity contribution is 0.105. The third kappa shape index (κ3) is 4.64. The van der Waals surface area contributed by atoms with Crippen LogP contribution in [0.25, 0.3) is 0 Å². The summed E-state index contributed by atoms with van der Waals surface area (Å²) < 4.78 is 0.475. The molecule has 1 saturated heterocycles. The van der Waals surface area contributed by atoms with Crippen LogP contribution in [0.15, 0.2) is 0 Å². The Hall–Kier alpha value is 0.270. The van der Waals surface area contributed by atoms with Crippen molar-refractivity contribution in [2.75, 3.05) is 32.4 Å². The third-order valence-electron chi connectivity index (χ3n) is 5.31. The molecule has 1 aliphatic carbocycles. The van der Waals surface area contributed by atoms with E-state index in [1.165, 1.54) is 51.1 Å². The second kappa shape index (κ2) is 6.58. The van der Waals surface area contributed by atoms with Gasteiger partial charge in [-0.3, -0.25) is 0 Å². The van der Waals surface area contributed by atoms with Crippen molar-refractivity contribution in [3.8, 4) is 0 Å². The topological polar surface area (TPSA) is 15.3 Å². The number of hydrogen-bond donors (Lipinski definition) is 1. The first kappa shape index (κ1) is 16.6. The van der Waals surface area contributed by atoms with Crippen molar-refractivity contribution in [2.45, 2.75) is 64.2 Å². The van der Waals surface area contributed by atoms with Crippen LogP contribution in [0.1, 0.15) is 53.4 Å². The first-order valence-corrected chi connectivity index (χ1v) is 9.33. The standard InChI is InChI=1S/C17H34N2S/c1-16(2)7-6-15(18-5)14(12-16)13-19-9-8-17(3,4)20-11-10-19/h14-15,18H,6-13H2,1-5H3. The zero-order valence-electron chi connectivity index (χ0n) is 14.2. The molecule has 0 aromatic carbocycles. The van der Waals surface area contributed by atoms with Crippen LogP contribution in [0.4, 0.5) is 0 Å². The second-order valence-electron chi connectivity index (χ2n) is 8.22. The zero-order chi connectivity index (χ0) is 14.8. The molecule has 2 unspecified atom stereocenters. The van der Waals surface area contributed by atoms with Gasteiger partial charge in [0.1, 0.15) is 0 Å². The summed E-state index contributed by atoms with van der Waals surface area (Å²) in [5, 5.41) is 3.58. The molecular weight excluding hydrogens is 264 g/mol. The smallest absolute Gasteiger partial charge is 0.0116 e. The monoisotopic (exact) mass is 298 g/mol. The fraction of sp³-hybridized carbons (Fsp3) is 1.00. The molecule has 0 amide bonds. The highest BCUT2D eigenvalue weighted by Gasteiger charge is 2.35. The van der Waals surface area contributed by atoms with Gasteiger partial charge in [0.2, 0.25) is 0 Å². The maximum absolute atomic E-state index is 3.58. The minimum atomic E-state index is 0.475. The normalized spacial score (nSPS) is 34.6. The molecule has 118 valence electrons. The molecule has 2 fully saturated rings. The van der Waals surface area contributed by atoms with Gasteiger partial charge < -0.3 is 10.2 Å². The first-order chi connectivity index (χ1) is 9.31. The van der Waals surface area contributed by atoms with Crippen molar-refractivity contribution >= 4 is 11.8 Å². The summed E-state index contributed by atoms with van der Waals surface area (Å²) >= 11 is 2.16. The van der Waals surface area contributed by atoms with Crippen molar-refractivity contribution in [1.82, 2.24) is 10.2 Å². The van der Waals surface area contributed by atoms with Gasteiger partial charge in [0, 0.05) is 29.6 Å². The van der Waals surface area contributed by atoms with Gasteiger partial charge in [0.15, 0.2) is 0 Å². The van der Waals surface area contributed by atoms with Crippen LogP contribution in [0.3, 0.4) is 0 Å². The number of rotatable bonds is 3. The highest BCUT2D eigenvalue weighted by molar-refractivity contribution is 8.00. The lowest BCUT2D eigenvalue weighted by atomic mass is 9.69. The summed E-state index contributed by atoms with van der Waals surface area (Å²) in [6.45, 7) is 13.6. The van der Waals surface area contributed by atoms with E-state index < -0.39 is 0 Å². The number of nitrogens with one attached hydrogen (secondary N) is 1. The van der Waals surface area contributed by atoms with Gasteiger partial charge in [-0.25, -0.2) is 0 Å². The summed E-state index contributed by atoms with van der Waals surface area (Å²) in [4.78, 5) is 2.73. The summed E-state index contributed by atoms with van der Waals surface area (Å²) in [6.07, 6.45) is 5.43. The van der Waals surface area contributed by atoms with Crippen molar-refractivity contribution in [2.24, 2.45) is 11.3 Å². The van der Waals surface area contributed by atoms with Crippen LogP contribution < -0.4 is 5.32 Å². The molecule has 1 N–H and O–H groups in total. The molecular formula is C17H34N2S. The van der Waals surface area contributed by atoms with Crippen LogP contribution in [0.2, 0.25) is 0 Å². The maximum atomic E-state index is 3.58. The Morgan fingerprint density at radius 1 is 1.15 bits per heavy atom. The molecule has 0 bridgehead atoms. The van der Waals surface area contributed by atoms with E-state index in [4.69, 9.17) is 0 Å². The summed E-state index contributed by atoms with van der Waals surface area (Å²) in [5.41, 5.74) is 0.540. The molecule has 1 aliphatic heterocycles. The summed E-state index contributed by atoms with van der Waals surface area (Å²) in [5.74, 6) is 2.13. The quantitative estimate of drug-likeness (QED) is 0.857. The summed E-state index contributed by atoms with van der Waals surface area (Å²) in [7, 11) is 2.15. The molecule has 2 rings (SSSR count). The van der Waals surface area contributed by atoms with E-state index in [9.17, 15) is 0 Å². The molecule has 1 heterocycles. The van der Waals surface area contributed by atoms with E-state index in [1.54, 1.807) is 0 Å². The Morgan fingerprint density at radius 2 is 1.90 bits per heavy atom. The van der Waals surface area contributed by atoms with Gasteiger partial charge in [0.05, 0.1) is 0 Å². The predicted octanol–water partition coefficient (Wildman–Crippen LogP) is 3.62. The predicted molar refractivity (Wildman–Crippen MR) is 91.6 cm³/mol. The fourth-order valence-electron chi connectivity index (χ4n) is 3.88. The Morgan fingerprint density at radius 3 is 2.60 bits per heavy atom. The van der Waals surface area contributed by atoms with E-state index in [-0.39, 0.29) is 0 Å². The molecule has 2 atom stereocenters. The molecule has 2 aliphatic rings. The minimum Gasteiger partial charge on any atom is -0.317 e. The van der Waals surface area contributed by atoms with Crippen LogP contribution in [0.5, 0.6) is 0 Å². The molecule has 1 saturated carbocycles. The fourth-order valence-corrected chi connectivity index (χ4v) is 5.02. The molecule has 20 heavy (non-hydrogen) atoms. The van der Waals surface area contributed by atoms with Crippen molar-refractivity contribution in [3.05, 3.63) is 0 Å². The van der Waals surface area contributed by atoms with Crippen LogP contribution in [-0.4, -0.2) is 48.1 Å². The minimum absolute atomic E-state index is 0.475. The van der Waals surface area contributed by atoms with Crippen LogP contribution in [0, 0.1) is 11.3 Å². The molecule has 0 spiro atoms. The molecule has 0 aromatic heterocycles. The van der Waals surface area contributed by atoms with E-state index in [2.05, 4.69) is 56.7 Å². The maximum Gasteiger partial charge on any atom is 0.0116 e. The lowest BCUT2D eigenvalue weighted by Crippen LogP contribution is -2.47. The van der Waals surface area contributed by atoms with E-state index in [0.29, 0.717) is 10.2 Å². The van der Waals surface area contributed by atoms with Crippen LogP contribution in [-0.2, 0) is 0 Å². The average Bonchev–Trinajstić information content (AvgIpc) is 2.50. The number of nitrogens with zero attached hydrogens (tertiary/aromatic N) is 1. The Bertz CT molecular complexity index is 314. The Kier molecular flexibility index (Phi) is 5.47. The first-order valence-electron chi connectivity index (χ1n) is 8.35. The van der Waals surface area contributed by atoms with Gasteiger partial charge in [-0.1, -0.05) is 27.7 Å².